The third-order valence-electron chi connectivity index (χ3n) is 4.11. The van der Waals surface area contributed by atoms with Gasteiger partial charge in [-0.15, -0.1) is 0 Å². The van der Waals surface area contributed by atoms with E-state index in [2.05, 4.69) is 10.6 Å². The molecule has 1 rings (SSSR count). The molecule has 0 spiro atoms. The number of rotatable bonds is 11. The van der Waals surface area contributed by atoms with E-state index in [1.54, 1.807) is 18.2 Å². The summed E-state index contributed by atoms with van der Waals surface area (Å²) in [6.07, 6.45) is 2.38. The Balaban J connectivity index is 2.62. The molecule has 152 valence electrons. The van der Waals surface area contributed by atoms with Crippen LogP contribution in [0, 0.1) is 5.92 Å². The summed E-state index contributed by atoms with van der Waals surface area (Å²) in [5.41, 5.74) is 0.694. The van der Waals surface area contributed by atoms with Gasteiger partial charge in [0.05, 0.1) is 12.6 Å². The van der Waals surface area contributed by atoms with Gasteiger partial charge in [-0.1, -0.05) is 63.4 Å². The van der Waals surface area contributed by atoms with Crippen molar-refractivity contribution in [2.24, 2.45) is 5.92 Å². The van der Waals surface area contributed by atoms with E-state index in [0.717, 1.165) is 12.8 Å². The first kappa shape index (κ1) is 23.2. The molecule has 0 aliphatic rings. The number of hydrogen-bond acceptors (Lipinski definition) is 4. The van der Waals surface area contributed by atoms with Crippen LogP contribution in [0.25, 0.3) is 0 Å². The molecule has 3 N–H and O–H groups in total. The second-order valence-corrected chi connectivity index (χ2v) is 7.43. The number of aliphatic hydroxyl groups excluding tert-OH is 1. The molecule has 0 radical (unpaired) electrons. The lowest BCUT2D eigenvalue weighted by molar-refractivity contribution is -0.124. The van der Waals surface area contributed by atoms with Crippen molar-refractivity contribution in [2.45, 2.75) is 65.1 Å². The van der Waals surface area contributed by atoms with Gasteiger partial charge in [-0.05, 0) is 24.8 Å². The number of halogens is 1. The first-order valence-corrected chi connectivity index (χ1v) is 9.83. The molecule has 0 aliphatic heterocycles. The molecule has 0 unspecified atom stereocenters. The zero-order valence-electron chi connectivity index (χ0n) is 16.3. The lowest BCUT2D eigenvalue weighted by atomic mass is 10.0. The maximum Gasteiger partial charge on any atom is 0.408 e. The van der Waals surface area contributed by atoms with Crippen LogP contribution in [0.15, 0.2) is 24.3 Å². The highest BCUT2D eigenvalue weighted by atomic mass is 35.5. The molecule has 0 aliphatic carbocycles. The van der Waals surface area contributed by atoms with Crippen LogP contribution in [0.4, 0.5) is 4.79 Å². The van der Waals surface area contributed by atoms with Crippen molar-refractivity contribution in [3.63, 3.8) is 0 Å². The van der Waals surface area contributed by atoms with E-state index in [-0.39, 0.29) is 31.1 Å². The summed E-state index contributed by atoms with van der Waals surface area (Å²) in [4.78, 5) is 24.7. The van der Waals surface area contributed by atoms with Crippen LogP contribution in [0.2, 0.25) is 5.02 Å². The van der Waals surface area contributed by atoms with E-state index in [0.29, 0.717) is 23.4 Å². The molecule has 0 saturated carbocycles. The van der Waals surface area contributed by atoms with Crippen molar-refractivity contribution in [3.05, 3.63) is 34.9 Å². The van der Waals surface area contributed by atoms with E-state index in [1.165, 1.54) is 0 Å². The first-order chi connectivity index (χ1) is 12.9. The lowest BCUT2D eigenvalue weighted by Gasteiger charge is -2.23. The molecule has 0 aromatic heterocycles. The van der Waals surface area contributed by atoms with Gasteiger partial charge in [0.2, 0.25) is 5.91 Å². The number of unbranched alkanes of at least 4 members (excludes halogenated alkanes) is 1. The normalized spacial score (nSPS) is 13.1. The third kappa shape index (κ3) is 9.11. The maximum absolute atomic E-state index is 12.6. The number of ether oxygens (including phenoxy) is 1. The Kier molecular flexibility index (Phi) is 10.8. The molecular formula is C20H31ClN2O4. The highest BCUT2D eigenvalue weighted by Gasteiger charge is 2.24. The van der Waals surface area contributed by atoms with E-state index in [9.17, 15) is 14.7 Å². The lowest BCUT2D eigenvalue weighted by Crippen LogP contribution is -2.51. The summed E-state index contributed by atoms with van der Waals surface area (Å²) in [5.74, 6) is -0.110. The van der Waals surface area contributed by atoms with Crippen LogP contribution in [-0.2, 0) is 16.1 Å². The predicted octanol–water partition coefficient (Wildman–Crippen LogP) is 3.65. The standard InChI is InChI=1S/C20H31ClN2O4/c1-4-5-9-16(12-24)22-19(25)18(11-14(2)3)23-20(26)27-13-15-8-6-7-10-17(15)21/h6-8,10,14,16,18,24H,4-5,9,11-13H2,1-3H3,(H,22,25)(H,23,26)/t16-,18-/m0/s1. The SMILES string of the molecule is CCCC[C@@H](CO)NC(=O)[C@H](CC(C)C)NC(=O)OCc1ccccc1Cl. The zero-order chi connectivity index (χ0) is 20.2. The summed E-state index contributed by atoms with van der Waals surface area (Å²) in [6, 6.07) is 6.06. The minimum absolute atomic E-state index is 0.0251. The number of nitrogens with one attached hydrogen (secondary N) is 2. The maximum atomic E-state index is 12.6. The topological polar surface area (TPSA) is 87.7 Å². The van der Waals surface area contributed by atoms with Crippen LogP contribution >= 0.6 is 11.6 Å². The summed E-state index contributed by atoms with van der Waals surface area (Å²) in [7, 11) is 0. The van der Waals surface area contributed by atoms with Gasteiger partial charge in [0.15, 0.2) is 0 Å². The van der Waals surface area contributed by atoms with E-state index < -0.39 is 12.1 Å². The highest BCUT2D eigenvalue weighted by molar-refractivity contribution is 6.31. The minimum Gasteiger partial charge on any atom is -0.445 e. The molecule has 6 nitrogen and oxygen atoms in total. The summed E-state index contributed by atoms with van der Waals surface area (Å²) in [6.45, 7) is 5.89. The van der Waals surface area contributed by atoms with Gasteiger partial charge in [-0.25, -0.2) is 4.79 Å². The van der Waals surface area contributed by atoms with Crippen LogP contribution in [0.3, 0.4) is 0 Å². The molecule has 1 aromatic rings. The highest BCUT2D eigenvalue weighted by Crippen LogP contribution is 2.16. The third-order valence-corrected chi connectivity index (χ3v) is 4.47. The Morgan fingerprint density at radius 3 is 2.52 bits per heavy atom. The quantitative estimate of drug-likeness (QED) is 0.531. The molecule has 0 bridgehead atoms. The van der Waals surface area contributed by atoms with Gasteiger partial charge >= 0.3 is 6.09 Å². The molecule has 0 fully saturated rings. The number of carbonyl (C=O) groups is 2. The van der Waals surface area contributed by atoms with Crippen molar-refractivity contribution in [1.29, 1.82) is 0 Å². The molecule has 1 aromatic carbocycles. The Morgan fingerprint density at radius 1 is 1.22 bits per heavy atom. The number of benzene rings is 1. The summed E-state index contributed by atoms with van der Waals surface area (Å²) >= 11 is 6.05. The smallest absolute Gasteiger partial charge is 0.408 e. The van der Waals surface area contributed by atoms with Crippen LogP contribution in [-0.4, -0.2) is 35.8 Å². The van der Waals surface area contributed by atoms with Crippen LogP contribution < -0.4 is 10.6 Å². The van der Waals surface area contributed by atoms with Crippen molar-refractivity contribution in [3.8, 4) is 0 Å². The van der Waals surface area contributed by atoms with Gasteiger partial charge in [0, 0.05) is 10.6 Å². The molecular weight excluding hydrogens is 368 g/mol. The fourth-order valence-electron chi connectivity index (χ4n) is 2.61. The van der Waals surface area contributed by atoms with Crippen molar-refractivity contribution < 1.29 is 19.4 Å². The van der Waals surface area contributed by atoms with Crippen molar-refractivity contribution >= 4 is 23.6 Å². The summed E-state index contributed by atoms with van der Waals surface area (Å²) < 4.78 is 5.20. The number of alkyl carbamates (subject to hydrolysis) is 1. The monoisotopic (exact) mass is 398 g/mol. The van der Waals surface area contributed by atoms with Crippen molar-refractivity contribution in [1.82, 2.24) is 10.6 Å². The molecule has 27 heavy (non-hydrogen) atoms. The number of aliphatic hydroxyl groups is 1. The molecule has 7 heteroatoms. The molecule has 0 saturated heterocycles. The van der Waals surface area contributed by atoms with E-state index in [1.807, 2.05) is 26.8 Å². The van der Waals surface area contributed by atoms with E-state index in [4.69, 9.17) is 16.3 Å². The first-order valence-electron chi connectivity index (χ1n) is 9.45. The van der Waals surface area contributed by atoms with Gasteiger partial charge in [-0.3, -0.25) is 4.79 Å². The van der Waals surface area contributed by atoms with Gasteiger partial charge in [0.1, 0.15) is 12.6 Å². The Morgan fingerprint density at radius 2 is 1.93 bits per heavy atom. The molecule has 0 heterocycles. The van der Waals surface area contributed by atoms with Crippen molar-refractivity contribution in [2.75, 3.05) is 6.61 Å². The fraction of sp³-hybridized carbons (Fsp3) is 0.600. The number of amides is 2. The average Bonchev–Trinajstić information content (AvgIpc) is 2.63. The second-order valence-electron chi connectivity index (χ2n) is 7.02. The molecule has 2 atom stereocenters. The van der Waals surface area contributed by atoms with Gasteiger partial charge < -0.3 is 20.5 Å². The van der Waals surface area contributed by atoms with Gasteiger partial charge in [0.25, 0.3) is 0 Å². The second kappa shape index (κ2) is 12.6. The average molecular weight is 399 g/mol. The fourth-order valence-corrected chi connectivity index (χ4v) is 2.80. The Bertz CT molecular complexity index is 595. The largest absolute Gasteiger partial charge is 0.445 e. The van der Waals surface area contributed by atoms with E-state index >= 15 is 0 Å². The van der Waals surface area contributed by atoms with Gasteiger partial charge in [-0.2, -0.15) is 0 Å². The number of hydrogen-bond donors (Lipinski definition) is 3. The zero-order valence-corrected chi connectivity index (χ0v) is 17.1. The summed E-state index contributed by atoms with van der Waals surface area (Å²) in [5, 5.41) is 15.4. The Hall–Kier alpha value is -1.79. The Labute approximate surface area is 166 Å². The van der Waals surface area contributed by atoms with Crippen LogP contribution in [0.5, 0.6) is 0 Å². The number of carbonyl (C=O) groups excluding carboxylic acids is 2. The van der Waals surface area contributed by atoms with Crippen LogP contribution in [0.1, 0.15) is 52.0 Å². The predicted molar refractivity (Wildman–Crippen MR) is 107 cm³/mol. The minimum atomic E-state index is -0.723. The molecule has 2 amide bonds.